The summed E-state index contributed by atoms with van der Waals surface area (Å²) in [6.07, 6.45) is 2.80. The van der Waals surface area contributed by atoms with Gasteiger partial charge in [0.1, 0.15) is 11.8 Å². The fraction of sp³-hybridized carbons (Fsp3) is 0.250. The van der Waals surface area contributed by atoms with E-state index in [1.807, 2.05) is 55.3 Å². The Morgan fingerprint density at radius 3 is 2.57 bits per heavy atom. The molecule has 0 atom stereocenters. The molecule has 1 aromatic rings. The Labute approximate surface area is 85.1 Å². The van der Waals surface area contributed by atoms with Crippen molar-refractivity contribution in [2.45, 2.75) is 13.3 Å². The Morgan fingerprint density at radius 1 is 1.43 bits per heavy atom. The highest BCUT2D eigenvalue weighted by molar-refractivity contribution is 5.54. The molecule has 1 aromatic carbocycles. The zero-order valence-corrected chi connectivity index (χ0v) is 8.57. The first-order chi connectivity index (χ1) is 6.79. The molecular formula is C12H14N2. The van der Waals surface area contributed by atoms with Crippen molar-refractivity contribution in [1.82, 2.24) is 0 Å². The van der Waals surface area contributed by atoms with Gasteiger partial charge in [-0.15, -0.1) is 0 Å². The lowest BCUT2D eigenvalue weighted by atomic mass is 10.2. The lowest BCUT2D eigenvalue weighted by Crippen LogP contribution is -2.14. The van der Waals surface area contributed by atoms with Crippen molar-refractivity contribution in [1.29, 1.82) is 5.26 Å². The van der Waals surface area contributed by atoms with Crippen LogP contribution in [0, 0.1) is 11.3 Å². The van der Waals surface area contributed by atoms with E-state index in [-0.39, 0.29) is 0 Å². The minimum Gasteiger partial charge on any atom is -0.336 e. The summed E-state index contributed by atoms with van der Waals surface area (Å²) in [6.45, 7) is 2.02. The topological polar surface area (TPSA) is 27.0 Å². The van der Waals surface area contributed by atoms with Gasteiger partial charge in [0.25, 0.3) is 0 Å². The van der Waals surface area contributed by atoms with Crippen LogP contribution in [0.4, 0.5) is 5.69 Å². The van der Waals surface area contributed by atoms with Gasteiger partial charge in [-0.1, -0.05) is 31.2 Å². The maximum absolute atomic E-state index is 8.93. The average Bonchev–Trinajstić information content (AvgIpc) is 2.26. The second-order valence-corrected chi connectivity index (χ2v) is 3.00. The van der Waals surface area contributed by atoms with Crippen molar-refractivity contribution in [3.63, 3.8) is 0 Å². The molecule has 0 bridgehead atoms. The molecule has 0 aliphatic carbocycles. The van der Waals surface area contributed by atoms with Crippen LogP contribution >= 0.6 is 0 Å². The standard InChI is InChI=1S/C12H14N2/c1-3-7-12(10-13)14(2)11-8-5-4-6-9-11/h4-9H,3H2,1-2H3. The predicted molar refractivity (Wildman–Crippen MR) is 58.8 cm³/mol. The van der Waals surface area contributed by atoms with Crippen LogP contribution in [0.5, 0.6) is 0 Å². The normalized spacial score (nSPS) is 10.8. The molecule has 0 spiro atoms. The maximum atomic E-state index is 8.93. The molecule has 72 valence electrons. The molecule has 2 heteroatoms. The van der Waals surface area contributed by atoms with E-state index in [0.717, 1.165) is 12.1 Å². The summed E-state index contributed by atoms with van der Waals surface area (Å²) in [5, 5.41) is 8.93. The maximum Gasteiger partial charge on any atom is 0.117 e. The molecule has 0 unspecified atom stereocenters. The summed E-state index contributed by atoms with van der Waals surface area (Å²) >= 11 is 0. The molecular weight excluding hydrogens is 172 g/mol. The lowest BCUT2D eigenvalue weighted by Gasteiger charge is -2.17. The number of anilines is 1. The highest BCUT2D eigenvalue weighted by Gasteiger charge is 2.03. The number of para-hydroxylation sites is 1. The molecule has 0 radical (unpaired) electrons. The third-order valence-corrected chi connectivity index (χ3v) is 2.02. The summed E-state index contributed by atoms with van der Waals surface area (Å²) in [7, 11) is 1.90. The minimum absolute atomic E-state index is 0.693. The number of allylic oxidation sites excluding steroid dienone is 2. The summed E-state index contributed by atoms with van der Waals surface area (Å²) in [5.41, 5.74) is 1.73. The van der Waals surface area contributed by atoms with Crippen LogP contribution in [0.2, 0.25) is 0 Å². The fourth-order valence-electron chi connectivity index (χ4n) is 1.24. The molecule has 0 saturated heterocycles. The van der Waals surface area contributed by atoms with E-state index in [9.17, 15) is 0 Å². The average molecular weight is 186 g/mol. The van der Waals surface area contributed by atoms with Gasteiger partial charge < -0.3 is 4.90 Å². The summed E-state index contributed by atoms with van der Waals surface area (Å²) in [4.78, 5) is 1.89. The first-order valence-electron chi connectivity index (χ1n) is 4.68. The zero-order chi connectivity index (χ0) is 10.4. The Bertz CT molecular complexity index is 346. The predicted octanol–water partition coefficient (Wildman–Crippen LogP) is 2.94. The number of rotatable bonds is 3. The van der Waals surface area contributed by atoms with E-state index >= 15 is 0 Å². The van der Waals surface area contributed by atoms with Gasteiger partial charge in [-0.2, -0.15) is 5.26 Å². The van der Waals surface area contributed by atoms with Gasteiger partial charge in [-0.25, -0.2) is 0 Å². The molecule has 0 aliphatic rings. The molecule has 14 heavy (non-hydrogen) atoms. The molecule has 1 rings (SSSR count). The molecule has 0 saturated carbocycles. The molecule has 2 nitrogen and oxygen atoms in total. The van der Waals surface area contributed by atoms with Crippen molar-refractivity contribution in [3.8, 4) is 6.07 Å². The second kappa shape index (κ2) is 5.08. The first-order valence-corrected chi connectivity index (χ1v) is 4.68. The van der Waals surface area contributed by atoms with Gasteiger partial charge in [0.2, 0.25) is 0 Å². The summed E-state index contributed by atoms with van der Waals surface area (Å²) in [6, 6.07) is 12.1. The highest BCUT2D eigenvalue weighted by atomic mass is 15.1. The number of nitrogens with zero attached hydrogens (tertiary/aromatic N) is 2. The van der Waals surface area contributed by atoms with Gasteiger partial charge >= 0.3 is 0 Å². The number of nitriles is 1. The van der Waals surface area contributed by atoms with Gasteiger partial charge in [0, 0.05) is 12.7 Å². The largest absolute Gasteiger partial charge is 0.336 e. The smallest absolute Gasteiger partial charge is 0.117 e. The Morgan fingerprint density at radius 2 is 2.07 bits per heavy atom. The third kappa shape index (κ3) is 2.37. The number of benzene rings is 1. The van der Waals surface area contributed by atoms with Gasteiger partial charge in [-0.05, 0) is 18.6 Å². The Balaban J connectivity index is 2.91. The van der Waals surface area contributed by atoms with Crippen LogP contribution < -0.4 is 4.90 Å². The summed E-state index contributed by atoms with van der Waals surface area (Å²) in [5.74, 6) is 0. The quantitative estimate of drug-likeness (QED) is 0.678. The van der Waals surface area contributed by atoms with Crippen LogP contribution in [-0.4, -0.2) is 7.05 Å². The molecule has 0 aromatic heterocycles. The van der Waals surface area contributed by atoms with Gasteiger partial charge in [0.15, 0.2) is 0 Å². The van der Waals surface area contributed by atoms with E-state index in [2.05, 4.69) is 6.07 Å². The molecule has 0 fully saturated rings. The molecule has 0 heterocycles. The van der Waals surface area contributed by atoms with E-state index < -0.39 is 0 Å². The number of hydrogen-bond donors (Lipinski definition) is 0. The monoisotopic (exact) mass is 186 g/mol. The van der Waals surface area contributed by atoms with Gasteiger partial charge in [0.05, 0.1) is 0 Å². The number of hydrogen-bond acceptors (Lipinski definition) is 2. The van der Waals surface area contributed by atoms with E-state index in [1.54, 1.807) is 0 Å². The van der Waals surface area contributed by atoms with Crippen LogP contribution in [0.15, 0.2) is 42.1 Å². The SMILES string of the molecule is CCC=C(C#N)N(C)c1ccccc1. The van der Waals surface area contributed by atoms with Crippen molar-refractivity contribution in [3.05, 3.63) is 42.1 Å². The minimum atomic E-state index is 0.693. The van der Waals surface area contributed by atoms with E-state index in [0.29, 0.717) is 5.70 Å². The fourth-order valence-corrected chi connectivity index (χ4v) is 1.24. The van der Waals surface area contributed by atoms with Crippen molar-refractivity contribution < 1.29 is 0 Å². The zero-order valence-electron chi connectivity index (χ0n) is 8.57. The van der Waals surface area contributed by atoms with E-state index in [4.69, 9.17) is 5.26 Å². The molecule has 0 aliphatic heterocycles. The van der Waals surface area contributed by atoms with E-state index in [1.165, 1.54) is 0 Å². The van der Waals surface area contributed by atoms with Gasteiger partial charge in [-0.3, -0.25) is 0 Å². The van der Waals surface area contributed by atoms with Crippen LogP contribution in [0.3, 0.4) is 0 Å². The first kappa shape index (κ1) is 10.3. The summed E-state index contributed by atoms with van der Waals surface area (Å²) < 4.78 is 0. The third-order valence-electron chi connectivity index (χ3n) is 2.02. The molecule has 0 N–H and O–H groups in total. The Hall–Kier alpha value is -1.75. The van der Waals surface area contributed by atoms with Crippen LogP contribution in [0.1, 0.15) is 13.3 Å². The highest BCUT2D eigenvalue weighted by Crippen LogP contribution is 2.16. The lowest BCUT2D eigenvalue weighted by molar-refractivity contribution is 1.09. The van der Waals surface area contributed by atoms with Crippen LogP contribution in [0.25, 0.3) is 0 Å². The van der Waals surface area contributed by atoms with Crippen molar-refractivity contribution in [2.75, 3.05) is 11.9 Å². The second-order valence-electron chi connectivity index (χ2n) is 3.00. The van der Waals surface area contributed by atoms with Crippen LogP contribution in [-0.2, 0) is 0 Å². The Kier molecular flexibility index (Phi) is 3.75. The molecule has 0 amide bonds. The van der Waals surface area contributed by atoms with Crippen molar-refractivity contribution >= 4 is 5.69 Å². The van der Waals surface area contributed by atoms with Crippen molar-refractivity contribution in [2.24, 2.45) is 0 Å².